The van der Waals surface area contributed by atoms with Crippen molar-refractivity contribution in [3.05, 3.63) is 17.3 Å². The summed E-state index contributed by atoms with van der Waals surface area (Å²) in [7, 11) is 1.65. The summed E-state index contributed by atoms with van der Waals surface area (Å²) in [5.41, 5.74) is 1.04. The molecule has 2 aromatic rings. The van der Waals surface area contributed by atoms with Crippen LogP contribution in [0.4, 0.5) is 0 Å². The summed E-state index contributed by atoms with van der Waals surface area (Å²) >= 11 is 1.60. The van der Waals surface area contributed by atoms with E-state index in [1.54, 1.807) is 18.4 Å². The van der Waals surface area contributed by atoms with Crippen molar-refractivity contribution in [1.82, 2.24) is 14.7 Å². The average Bonchev–Trinajstić information content (AvgIpc) is 3.02. The highest BCUT2D eigenvalue weighted by Gasteiger charge is 2.16. The number of nitrogens with zero attached hydrogens (tertiary/aromatic N) is 2. The van der Waals surface area contributed by atoms with E-state index in [0.29, 0.717) is 32.2 Å². The van der Waals surface area contributed by atoms with Crippen LogP contribution in [-0.4, -0.2) is 49.0 Å². The zero-order valence-corrected chi connectivity index (χ0v) is 11.6. The molecule has 0 aromatic carbocycles. The van der Waals surface area contributed by atoms with Crippen molar-refractivity contribution in [2.45, 2.75) is 12.6 Å². The van der Waals surface area contributed by atoms with Crippen LogP contribution >= 0.6 is 11.3 Å². The fraction of sp³-hybridized carbons (Fsp3) is 0.583. The lowest BCUT2D eigenvalue weighted by Gasteiger charge is -2.23. The van der Waals surface area contributed by atoms with E-state index in [0.717, 1.165) is 17.2 Å². The third-order valence-corrected chi connectivity index (χ3v) is 3.82. The molecule has 19 heavy (non-hydrogen) atoms. The van der Waals surface area contributed by atoms with Crippen molar-refractivity contribution in [2.24, 2.45) is 0 Å². The number of thiazole rings is 1. The van der Waals surface area contributed by atoms with Crippen LogP contribution in [0, 0.1) is 0 Å². The SMILES string of the molecule is COc1nc2sccn2c1CNCC1COCCO1. The summed E-state index contributed by atoms with van der Waals surface area (Å²) in [5.74, 6) is 0.681. The molecule has 0 spiro atoms. The Balaban J connectivity index is 1.62. The molecule has 0 bridgehead atoms. The third-order valence-electron chi connectivity index (χ3n) is 3.07. The number of rotatable bonds is 5. The van der Waals surface area contributed by atoms with Crippen LogP contribution in [-0.2, 0) is 16.0 Å². The molecule has 6 nitrogen and oxygen atoms in total. The molecule has 0 amide bonds. The van der Waals surface area contributed by atoms with Gasteiger partial charge in [-0.15, -0.1) is 11.3 Å². The molecule has 1 atom stereocenters. The van der Waals surface area contributed by atoms with Crippen LogP contribution < -0.4 is 10.1 Å². The van der Waals surface area contributed by atoms with E-state index in [9.17, 15) is 0 Å². The van der Waals surface area contributed by atoms with Gasteiger partial charge >= 0.3 is 0 Å². The minimum atomic E-state index is 0.130. The number of hydrogen-bond donors (Lipinski definition) is 1. The second kappa shape index (κ2) is 5.87. The topological polar surface area (TPSA) is 57.0 Å². The Morgan fingerprint density at radius 3 is 3.32 bits per heavy atom. The van der Waals surface area contributed by atoms with Crippen molar-refractivity contribution in [3.63, 3.8) is 0 Å². The van der Waals surface area contributed by atoms with E-state index < -0.39 is 0 Å². The van der Waals surface area contributed by atoms with Gasteiger partial charge in [0.25, 0.3) is 0 Å². The molecule has 2 aromatic heterocycles. The van der Waals surface area contributed by atoms with Crippen molar-refractivity contribution < 1.29 is 14.2 Å². The van der Waals surface area contributed by atoms with Gasteiger partial charge in [0, 0.05) is 24.7 Å². The van der Waals surface area contributed by atoms with Crippen LogP contribution in [0.1, 0.15) is 5.69 Å². The molecule has 7 heteroatoms. The smallest absolute Gasteiger partial charge is 0.237 e. The summed E-state index contributed by atoms with van der Waals surface area (Å²) in [6.07, 6.45) is 2.14. The molecule has 1 N–H and O–H groups in total. The van der Waals surface area contributed by atoms with Gasteiger partial charge in [-0.05, 0) is 0 Å². The lowest BCUT2D eigenvalue weighted by molar-refractivity contribution is -0.0864. The summed E-state index contributed by atoms with van der Waals surface area (Å²) in [4.78, 5) is 5.37. The lowest BCUT2D eigenvalue weighted by atomic mass is 10.3. The van der Waals surface area contributed by atoms with E-state index in [4.69, 9.17) is 14.2 Å². The van der Waals surface area contributed by atoms with Crippen LogP contribution in [0.25, 0.3) is 4.96 Å². The Kier molecular flexibility index (Phi) is 3.97. The van der Waals surface area contributed by atoms with Gasteiger partial charge in [-0.1, -0.05) is 0 Å². The van der Waals surface area contributed by atoms with Crippen LogP contribution in [0.5, 0.6) is 5.88 Å². The molecule has 3 rings (SSSR count). The van der Waals surface area contributed by atoms with Crippen molar-refractivity contribution >= 4 is 16.3 Å². The monoisotopic (exact) mass is 283 g/mol. The summed E-state index contributed by atoms with van der Waals surface area (Å²) in [6.45, 7) is 3.49. The fourth-order valence-corrected chi connectivity index (χ4v) is 2.87. The first-order valence-electron chi connectivity index (χ1n) is 6.27. The Hall–Kier alpha value is -1.15. The first-order valence-corrected chi connectivity index (χ1v) is 7.15. The molecule has 0 saturated carbocycles. The zero-order valence-electron chi connectivity index (χ0n) is 10.8. The normalized spacial score (nSPS) is 19.9. The van der Waals surface area contributed by atoms with E-state index >= 15 is 0 Å². The molecule has 1 fully saturated rings. The van der Waals surface area contributed by atoms with Crippen molar-refractivity contribution in [2.75, 3.05) is 33.5 Å². The van der Waals surface area contributed by atoms with Gasteiger partial charge in [-0.3, -0.25) is 4.40 Å². The van der Waals surface area contributed by atoms with Crippen molar-refractivity contribution in [1.29, 1.82) is 0 Å². The van der Waals surface area contributed by atoms with Gasteiger partial charge in [0.2, 0.25) is 5.88 Å². The Morgan fingerprint density at radius 1 is 1.58 bits per heavy atom. The standard InChI is InChI=1S/C12H17N3O3S/c1-16-11-10(15-2-5-19-12(15)14-11)7-13-6-9-8-17-3-4-18-9/h2,5,9,13H,3-4,6-8H2,1H3. The molecule has 104 valence electrons. The number of ether oxygens (including phenoxy) is 3. The van der Waals surface area contributed by atoms with Crippen LogP contribution in [0.3, 0.4) is 0 Å². The van der Waals surface area contributed by atoms with Crippen molar-refractivity contribution in [3.8, 4) is 5.88 Å². The quantitative estimate of drug-likeness (QED) is 0.884. The number of fused-ring (bicyclic) bond motifs is 1. The largest absolute Gasteiger partial charge is 0.480 e. The van der Waals surface area contributed by atoms with Gasteiger partial charge in [-0.2, -0.15) is 4.98 Å². The van der Waals surface area contributed by atoms with Gasteiger partial charge in [0.1, 0.15) is 5.69 Å². The maximum atomic E-state index is 5.59. The molecule has 1 aliphatic heterocycles. The van der Waals surface area contributed by atoms with Crippen LogP contribution in [0.2, 0.25) is 0 Å². The third kappa shape index (κ3) is 2.74. The first-order chi connectivity index (χ1) is 9.38. The number of methoxy groups -OCH3 is 1. The molecular formula is C12H17N3O3S. The highest BCUT2D eigenvalue weighted by molar-refractivity contribution is 7.15. The molecule has 0 aliphatic carbocycles. The number of nitrogens with one attached hydrogen (secondary N) is 1. The molecule has 1 saturated heterocycles. The summed E-state index contributed by atoms with van der Waals surface area (Å²) in [5, 5.41) is 5.39. The number of imidazole rings is 1. The Bertz CT molecular complexity index is 533. The zero-order chi connectivity index (χ0) is 13.1. The number of aromatic nitrogens is 2. The molecule has 1 unspecified atom stereocenters. The van der Waals surface area contributed by atoms with Gasteiger partial charge in [0.05, 0.1) is 33.0 Å². The maximum Gasteiger partial charge on any atom is 0.237 e. The number of hydrogen-bond acceptors (Lipinski definition) is 6. The highest BCUT2D eigenvalue weighted by atomic mass is 32.1. The predicted molar refractivity (Wildman–Crippen MR) is 71.9 cm³/mol. The Labute approximate surface area is 115 Å². The maximum absolute atomic E-state index is 5.59. The van der Waals surface area contributed by atoms with Crippen LogP contribution in [0.15, 0.2) is 11.6 Å². The second-order valence-corrected chi connectivity index (χ2v) is 5.19. The average molecular weight is 283 g/mol. The molecule has 3 heterocycles. The fourth-order valence-electron chi connectivity index (χ4n) is 2.14. The minimum absolute atomic E-state index is 0.130. The molecule has 0 radical (unpaired) electrons. The molecule has 1 aliphatic rings. The predicted octanol–water partition coefficient (Wildman–Crippen LogP) is 0.909. The van der Waals surface area contributed by atoms with E-state index in [-0.39, 0.29) is 6.10 Å². The minimum Gasteiger partial charge on any atom is -0.480 e. The second-order valence-electron chi connectivity index (χ2n) is 4.32. The first kappa shape index (κ1) is 12.9. The van der Waals surface area contributed by atoms with E-state index in [2.05, 4.69) is 14.7 Å². The summed E-state index contributed by atoms with van der Waals surface area (Å²) < 4.78 is 18.3. The van der Waals surface area contributed by atoms with Gasteiger partial charge in [-0.25, -0.2) is 0 Å². The highest BCUT2D eigenvalue weighted by Crippen LogP contribution is 2.22. The van der Waals surface area contributed by atoms with Gasteiger partial charge < -0.3 is 19.5 Å². The van der Waals surface area contributed by atoms with Gasteiger partial charge in [0.15, 0.2) is 4.96 Å². The summed E-state index contributed by atoms with van der Waals surface area (Å²) in [6, 6.07) is 0. The van der Waals surface area contributed by atoms with E-state index in [1.807, 2.05) is 11.6 Å². The lowest BCUT2D eigenvalue weighted by Crippen LogP contribution is -2.37. The van der Waals surface area contributed by atoms with E-state index in [1.165, 1.54) is 0 Å². The Morgan fingerprint density at radius 2 is 2.53 bits per heavy atom. The molecular weight excluding hydrogens is 266 g/mol.